The summed E-state index contributed by atoms with van der Waals surface area (Å²) in [6.45, 7) is 0. The molecular weight excluding hydrogens is 607 g/mol. The van der Waals surface area contributed by atoms with Crippen LogP contribution in [0, 0.1) is 0 Å². The molecule has 0 atom stereocenters. The third-order valence-electron chi connectivity index (χ3n) is 9.45. The van der Waals surface area contributed by atoms with Gasteiger partial charge in [-0.1, -0.05) is 146 Å². The summed E-state index contributed by atoms with van der Waals surface area (Å²) in [6.07, 6.45) is 0. The third kappa shape index (κ3) is 5.53. The van der Waals surface area contributed by atoms with Crippen LogP contribution in [0.4, 0.5) is 17.1 Å². The second-order valence-electron chi connectivity index (χ2n) is 12.6. The summed E-state index contributed by atoms with van der Waals surface area (Å²) in [6, 6.07) is 71.1. The second kappa shape index (κ2) is 12.8. The molecule has 236 valence electrons. The van der Waals surface area contributed by atoms with E-state index in [2.05, 4.69) is 193 Å². The van der Waals surface area contributed by atoms with Crippen molar-refractivity contribution < 1.29 is 4.42 Å². The highest BCUT2D eigenvalue weighted by molar-refractivity contribution is 6.06. The summed E-state index contributed by atoms with van der Waals surface area (Å²) in [5.41, 5.74) is 14.4. The van der Waals surface area contributed by atoms with Crippen molar-refractivity contribution in [3.8, 4) is 44.5 Å². The van der Waals surface area contributed by atoms with Gasteiger partial charge in [-0.15, -0.1) is 0 Å². The Kier molecular flexibility index (Phi) is 7.53. The van der Waals surface area contributed by atoms with E-state index in [4.69, 9.17) is 4.42 Å². The van der Waals surface area contributed by atoms with E-state index in [1.807, 2.05) is 12.1 Å². The van der Waals surface area contributed by atoms with Gasteiger partial charge in [0.25, 0.3) is 0 Å². The fraction of sp³-hybridized carbons (Fsp3) is 0. The average Bonchev–Trinajstić information content (AvgIpc) is 3.57. The van der Waals surface area contributed by atoms with Gasteiger partial charge in [0.1, 0.15) is 11.2 Å². The molecule has 0 unspecified atom stereocenters. The lowest BCUT2D eigenvalue weighted by Crippen LogP contribution is -2.11. The molecule has 1 heterocycles. The molecular formula is C48H33NO. The van der Waals surface area contributed by atoms with Crippen LogP contribution in [0.2, 0.25) is 0 Å². The minimum atomic E-state index is 0.865. The minimum absolute atomic E-state index is 0.865. The monoisotopic (exact) mass is 639 g/mol. The highest BCUT2D eigenvalue weighted by Crippen LogP contribution is 2.44. The molecule has 0 spiro atoms. The summed E-state index contributed by atoms with van der Waals surface area (Å²) in [5, 5.41) is 2.23. The highest BCUT2D eigenvalue weighted by atomic mass is 16.3. The molecule has 0 saturated carbocycles. The molecule has 9 rings (SSSR count). The molecule has 0 amide bonds. The van der Waals surface area contributed by atoms with E-state index in [0.29, 0.717) is 0 Å². The molecule has 0 N–H and O–H groups in total. The van der Waals surface area contributed by atoms with Gasteiger partial charge in [0.2, 0.25) is 0 Å². The zero-order valence-electron chi connectivity index (χ0n) is 27.4. The summed E-state index contributed by atoms with van der Waals surface area (Å²) in [7, 11) is 0. The van der Waals surface area contributed by atoms with Gasteiger partial charge in [0.05, 0.1) is 5.69 Å². The van der Waals surface area contributed by atoms with Gasteiger partial charge in [0.15, 0.2) is 0 Å². The van der Waals surface area contributed by atoms with Crippen LogP contribution >= 0.6 is 0 Å². The molecule has 1 aromatic heterocycles. The van der Waals surface area contributed by atoms with E-state index in [9.17, 15) is 0 Å². The van der Waals surface area contributed by atoms with Gasteiger partial charge in [-0.2, -0.15) is 0 Å². The van der Waals surface area contributed by atoms with Crippen molar-refractivity contribution in [1.82, 2.24) is 0 Å². The lowest BCUT2D eigenvalue weighted by atomic mass is 9.96. The Labute approximate surface area is 292 Å². The van der Waals surface area contributed by atoms with Gasteiger partial charge in [-0.25, -0.2) is 0 Å². The SMILES string of the molecule is c1ccc(-c2cccc(-c3cccc(N(c4ccc5c(c4)oc4ccccc45)c4ccccc4-c4cccc(-c5ccccc5)c4)c3)c2)cc1. The van der Waals surface area contributed by atoms with Crippen LogP contribution < -0.4 is 4.90 Å². The smallest absolute Gasteiger partial charge is 0.137 e. The molecule has 0 aliphatic rings. The number of para-hydroxylation sites is 2. The van der Waals surface area contributed by atoms with Gasteiger partial charge in [-0.05, 0) is 87.5 Å². The molecule has 2 nitrogen and oxygen atoms in total. The molecule has 0 saturated heterocycles. The lowest BCUT2D eigenvalue weighted by Gasteiger charge is -2.28. The summed E-state index contributed by atoms with van der Waals surface area (Å²) in [4.78, 5) is 2.36. The van der Waals surface area contributed by atoms with Crippen molar-refractivity contribution in [2.24, 2.45) is 0 Å². The predicted molar refractivity (Wildman–Crippen MR) is 210 cm³/mol. The van der Waals surface area contributed by atoms with Crippen molar-refractivity contribution in [2.75, 3.05) is 4.90 Å². The number of rotatable bonds is 7. The number of benzene rings is 8. The fourth-order valence-electron chi connectivity index (χ4n) is 7.02. The maximum atomic E-state index is 6.42. The lowest BCUT2D eigenvalue weighted by molar-refractivity contribution is 0.669. The normalized spacial score (nSPS) is 11.2. The van der Waals surface area contributed by atoms with Crippen molar-refractivity contribution in [3.05, 3.63) is 200 Å². The predicted octanol–water partition coefficient (Wildman–Crippen LogP) is 13.7. The maximum Gasteiger partial charge on any atom is 0.137 e. The van der Waals surface area contributed by atoms with E-state index < -0.39 is 0 Å². The zero-order chi connectivity index (χ0) is 33.3. The molecule has 0 bridgehead atoms. The quantitative estimate of drug-likeness (QED) is 0.173. The Bertz CT molecular complexity index is 2600. The fourth-order valence-corrected chi connectivity index (χ4v) is 7.02. The summed E-state index contributed by atoms with van der Waals surface area (Å²) in [5.74, 6) is 0. The van der Waals surface area contributed by atoms with Crippen LogP contribution in [0.3, 0.4) is 0 Å². The Morgan fingerprint density at radius 3 is 1.54 bits per heavy atom. The summed E-state index contributed by atoms with van der Waals surface area (Å²) < 4.78 is 6.42. The molecule has 2 heteroatoms. The van der Waals surface area contributed by atoms with E-state index in [-0.39, 0.29) is 0 Å². The number of furan rings is 1. The van der Waals surface area contributed by atoms with Crippen LogP contribution in [0.5, 0.6) is 0 Å². The second-order valence-corrected chi connectivity index (χ2v) is 12.6. The Balaban J connectivity index is 1.22. The largest absolute Gasteiger partial charge is 0.456 e. The number of hydrogen-bond donors (Lipinski definition) is 0. The number of hydrogen-bond acceptors (Lipinski definition) is 2. The topological polar surface area (TPSA) is 16.4 Å². The molecule has 9 aromatic rings. The van der Waals surface area contributed by atoms with Gasteiger partial charge in [0, 0.05) is 33.8 Å². The van der Waals surface area contributed by atoms with Crippen molar-refractivity contribution in [2.45, 2.75) is 0 Å². The molecule has 8 aromatic carbocycles. The van der Waals surface area contributed by atoms with Crippen LogP contribution in [0.1, 0.15) is 0 Å². The van der Waals surface area contributed by atoms with E-state index in [1.165, 1.54) is 27.8 Å². The molecule has 0 radical (unpaired) electrons. The number of anilines is 3. The zero-order valence-corrected chi connectivity index (χ0v) is 27.4. The highest BCUT2D eigenvalue weighted by Gasteiger charge is 2.20. The molecule has 0 fully saturated rings. The van der Waals surface area contributed by atoms with Crippen molar-refractivity contribution in [1.29, 1.82) is 0 Å². The first-order valence-electron chi connectivity index (χ1n) is 17.0. The average molecular weight is 640 g/mol. The Morgan fingerprint density at radius 2 is 0.800 bits per heavy atom. The van der Waals surface area contributed by atoms with E-state index in [1.54, 1.807) is 0 Å². The number of nitrogens with zero attached hydrogens (tertiary/aromatic N) is 1. The van der Waals surface area contributed by atoms with Gasteiger partial charge in [-0.3, -0.25) is 0 Å². The molecule has 50 heavy (non-hydrogen) atoms. The van der Waals surface area contributed by atoms with Gasteiger partial charge < -0.3 is 9.32 Å². The first kappa shape index (κ1) is 29.5. The van der Waals surface area contributed by atoms with Crippen LogP contribution in [0.15, 0.2) is 205 Å². The summed E-state index contributed by atoms with van der Waals surface area (Å²) >= 11 is 0. The Hall–Kier alpha value is -6.64. The molecule has 0 aliphatic heterocycles. The van der Waals surface area contributed by atoms with Gasteiger partial charge >= 0.3 is 0 Å². The van der Waals surface area contributed by atoms with E-state index in [0.717, 1.165) is 55.7 Å². The third-order valence-corrected chi connectivity index (χ3v) is 9.45. The van der Waals surface area contributed by atoms with Crippen LogP contribution in [0.25, 0.3) is 66.4 Å². The maximum absolute atomic E-state index is 6.42. The first-order chi connectivity index (χ1) is 24.8. The molecule has 0 aliphatic carbocycles. The van der Waals surface area contributed by atoms with Crippen molar-refractivity contribution in [3.63, 3.8) is 0 Å². The standard InChI is InChI=1S/C48H33NO/c1-3-14-34(15-4-1)36-18-11-20-38(30-36)39-21-13-23-41(32-39)49(42-28-29-45-44-25-8-10-27-47(44)50-48(45)33-42)46-26-9-7-24-43(46)40-22-12-19-37(31-40)35-16-5-2-6-17-35/h1-33H. The Morgan fingerprint density at radius 1 is 0.300 bits per heavy atom. The first-order valence-corrected chi connectivity index (χ1v) is 17.0. The van der Waals surface area contributed by atoms with Crippen molar-refractivity contribution >= 4 is 39.0 Å². The number of fused-ring (bicyclic) bond motifs is 3. The van der Waals surface area contributed by atoms with Crippen LogP contribution in [-0.4, -0.2) is 0 Å². The van der Waals surface area contributed by atoms with E-state index >= 15 is 0 Å². The van der Waals surface area contributed by atoms with Crippen LogP contribution in [-0.2, 0) is 0 Å². The minimum Gasteiger partial charge on any atom is -0.456 e.